The maximum absolute atomic E-state index is 11.6. The molecule has 0 aliphatic heterocycles. The number of hydrogen-bond donors (Lipinski definition) is 1. The molecule has 0 aromatic heterocycles. The molecular weight excluding hydrogens is 164 g/mol. The molecule has 3 nitrogen and oxygen atoms in total. The molecule has 3 heteroatoms. The van der Waals surface area contributed by atoms with Crippen LogP contribution in [0.1, 0.15) is 32.6 Å². The first-order valence-corrected chi connectivity index (χ1v) is 5.15. The van der Waals surface area contributed by atoms with E-state index in [9.17, 15) is 4.79 Å². The summed E-state index contributed by atoms with van der Waals surface area (Å²) in [7, 11) is 1.86. The predicted molar refractivity (Wildman–Crippen MR) is 53.2 cm³/mol. The van der Waals surface area contributed by atoms with Gasteiger partial charge in [0.2, 0.25) is 5.91 Å². The summed E-state index contributed by atoms with van der Waals surface area (Å²) < 4.78 is 0. The van der Waals surface area contributed by atoms with Crippen molar-refractivity contribution in [2.24, 2.45) is 11.7 Å². The summed E-state index contributed by atoms with van der Waals surface area (Å²) in [5.74, 6) is 0.826. The minimum atomic E-state index is -0.301. The highest BCUT2D eigenvalue weighted by atomic mass is 16.2. The van der Waals surface area contributed by atoms with Crippen molar-refractivity contribution in [1.82, 2.24) is 4.90 Å². The van der Waals surface area contributed by atoms with Crippen molar-refractivity contribution in [1.29, 1.82) is 0 Å². The summed E-state index contributed by atoms with van der Waals surface area (Å²) in [6.07, 6.45) is 4.61. The van der Waals surface area contributed by atoms with Crippen molar-refractivity contribution >= 4 is 5.91 Å². The van der Waals surface area contributed by atoms with Gasteiger partial charge >= 0.3 is 0 Å². The summed E-state index contributed by atoms with van der Waals surface area (Å²) in [5.41, 5.74) is 5.66. The fraction of sp³-hybridized carbons (Fsp3) is 0.900. The molecule has 1 atom stereocenters. The van der Waals surface area contributed by atoms with Crippen LogP contribution in [-0.2, 0) is 4.79 Å². The van der Waals surface area contributed by atoms with E-state index in [0.29, 0.717) is 0 Å². The van der Waals surface area contributed by atoms with Crippen molar-refractivity contribution in [3.8, 4) is 0 Å². The average molecular weight is 184 g/mol. The highest BCUT2D eigenvalue weighted by molar-refractivity contribution is 5.81. The van der Waals surface area contributed by atoms with Gasteiger partial charge in [0.05, 0.1) is 6.04 Å². The van der Waals surface area contributed by atoms with E-state index in [-0.39, 0.29) is 11.9 Å². The first-order chi connectivity index (χ1) is 6.15. The molecule has 0 bridgehead atoms. The molecule has 0 spiro atoms. The quantitative estimate of drug-likeness (QED) is 0.708. The van der Waals surface area contributed by atoms with E-state index in [1.807, 2.05) is 14.0 Å². The lowest BCUT2D eigenvalue weighted by molar-refractivity contribution is -0.132. The van der Waals surface area contributed by atoms with Gasteiger partial charge in [0.1, 0.15) is 0 Å². The Kier molecular flexibility index (Phi) is 3.72. The summed E-state index contributed by atoms with van der Waals surface area (Å²) in [4.78, 5) is 13.3. The van der Waals surface area contributed by atoms with Gasteiger partial charge in [0.15, 0.2) is 0 Å². The lowest BCUT2D eigenvalue weighted by Crippen LogP contribution is -2.44. The van der Waals surface area contributed by atoms with Crippen molar-refractivity contribution in [3.05, 3.63) is 0 Å². The number of likely N-dealkylation sites (N-methyl/N-ethyl adjacent to an activating group) is 1. The maximum atomic E-state index is 11.6. The van der Waals surface area contributed by atoms with Crippen molar-refractivity contribution in [3.63, 3.8) is 0 Å². The van der Waals surface area contributed by atoms with Crippen LogP contribution < -0.4 is 5.73 Å². The van der Waals surface area contributed by atoms with E-state index >= 15 is 0 Å². The number of nitrogens with two attached hydrogens (primary N) is 1. The van der Waals surface area contributed by atoms with E-state index in [0.717, 1.165) is 18.9 Å². The third-order valence-electron chi connectivity index (χ3n) is 2.89. The Hall–Kier alpha value is -0.570. The summed E-state index contributed by atoms with van der Waals surface area (Å²) in [5, 5.41) is 0. The Morgan fingerprint density at radius 3 is 2.62 bits per heavy atom. The highest BCUT2D eigenvalue weighted by Crippen LogP contribution is 2.26. The van der Waals surface area contributed by atoms with E-state index in [4.69, 9.17) is 5.73 Å². The van der Waals surface area contributed by atoms with Gasteiger partial charge in [-0.1, -0.05) is 13.3 Å². The fourth-order valence-electron chi connectivity index (χ4n) is 1.61. The summed E-state index contributed by atoms with van der Waals surface area (Å²) in [6, 6.07) is -0.301. The molecule has 0 aromatic rings. The molecule has 0 heterocycles. The van der Waals surface area contributed by atoms with E-state index < -0.39 is 0 Å². The van der Waals surface area contributed by atoms with Crippen LogP contribution in [0.15, 0.2) is 0 Å². The topological polar surface area (TPSA) is 46.3 Å². The monoisotopic (exact) mass is 184 g/mol. The zero-order chi connectivity index (χ0) is 9.84. The van der Waals surface area contributed by atoms with Crippen LogP contribution in [0.5, 0.6) is 0 Å². The number of hydrogen-bond acceptors (Lipinski definition) is 2. The number of carbonyl (C=O) groups excluding carboxylic acids is 1. The van der Waals surface area contributed by atoms with E-state index in [1.54, 1.807) is 4.90 Å². The number of nitrogens with zero attached hydrogens (tertiary/aromatic N) is 1. The Morgan fingerprint density at radius 1 is 1.62 bits per heavy atom. The first kappa shape index (κ1) is 10.5. The zero-order valence-corrected chi connectivity index (χ0v) is 8.62. The van der Waals surface area contributed by atoms with Gasteiger partial charge in [-0.25, -0.2) is 0 Å². The van der Waals surface area contributed by atoms with Gasteiger partial charge < -0.3 is 10.6 Å². The molecular formula is C10H20N2O. The number of amides is 1. The Bertz CT molecular complexity index is 178. The van der Waals surface area contributed by atoms with Crippen LogP contribution in [0.2, 0.25) is 0 Å². The van der Waals surface area contributed by atoms with Crippen LogP contribution >= 0.6 is 0 Å². The molecule has 0 aromatic carbocycles. The molecule has 1 amide bonds. The normalized spacial score (nSPS) is 19.3. The second-order valence-electron chi connectivity index (χ2n) is 4.03. The Balaban J connectivity index is 2.28. The largest absolute Gasteiger partial charge is 0.344 e. The molecule has 1 fully saturated rings. The average Bonchev–Trinajstić information content (AvgIpc) is 2.08. The van der Waals surface area contributed by atoms with Crippen LogP contribution in [0.3, 0.4) is 0 Å². The molecule has 0 saturated heterocycles. The molecule has 1 aliphatic carbocycles. The van der Waals surface area contributed by atoms with Crippen molar-refractivity contribution in [2.45, 2.75) is 38.6 Å². The maximum Gasteiger partial charge on any atom is 0.239 e. The van der Waals surface area contributed by atoms with Crippen LogP contribution in [-0.4, -0.2) is 30.4 Å². The number of rotatable bonds is 4. The molecule has 1 rings (SSSR count). The molecule has 76 valence electrons. The van der Waals surface area contributed by atoms with E-state index in [2.05, 4.69) is 0 Å². The van der Waals surface area contributed by atoms with Gasteiger partial charge in [0, 0.05) is 13.6 Å². The molecule has 1 saturated carbocycles. The second-order valence-corrected chi connectivity index (χ2v) is 4.03. The predicted octanol–water partition coefficient (Wildman–Crippen LogP) is 0.982. The fourth-order valence-corrected chi connectivity index (χ4v) is 1.61. The smallest absolute Gasteiger partial charge is 0.239 e. The van der Waals surface area contributed by atoms with Gasteiger partial charge in [0.25, 0.3) is 0 Å². The summed E-state index contributed by atoms with van der Waals surface area (Å²) >= 11 is 0. The second kappa shape index (κ2) is 4.61. The minimum Gasteiger partial charge on any atom is -0.344 e. The van der Waals surface area contributed by atoms with Gasteiger partial charge in [-0.2, -0.15) is 0 Å². The number of carbonyl (C=O) groups is 1. The van der Waals surface area contributed by atoms with Crippen LogP contribution in [0.4, 0.5) is 0 Å². The van der Waals surface area contributed by atoms with Crippen LogP contribution in [0, 0.1) is 5.92 Å². The molecule has 1 aliphatic rings. The molecule has 0 unspecified atom stereocenters. The third kappa shape index (κ3) is 2.69. The highest BCUT2D eigenvalue weighted by Gasteiger charge is 2.23. The van der Waals surface area contributed by atoms with Crippen LogP contribution in [0.25, 0.3) is 0 Å². The standard InChI is InChI=1S/C10H20N2O/c1-3-9(11)10(13)12(2)7-8-5-4-6-8/h8-9H,3-7,11H2,1-2H3/t9-/m1/s1. The Morgan fingerprint density at radius 2 is 2.23 bits per heavy atom. The van der Waals surface area contributed by atoms with Crippen molar-refractivity contribution < 1.29 is 4.79 Å². The van der Waals surface area contributed by atoms with Gasteiger partial charge in [-0.15, -0.1) is 0 Å². The first-order valence-electron chi connectivity index (χ1n) is 5.15. The van der Waals surface area contributed by atoms with E-state index in [1.165, 1.54) is 19.3 Å². The zero-order valence-electron chi connectivity index (χ0n) is 8.62. The minimum absolute atomic E-state index is 0.0920. The Labute approximate surface area is 80.3 Å². The van der Waals surface area contributed by atoms with Gasteiger partial charge in [-0.3, -0.25) is 4.79 Å². The lowest BCUT2D eigenvalue weighted by Gasteiger charge is -2.31. The summed E-state index contributed by atoms with van der Waals surface area (Å²) in [6.45, 7) is 2.84. The molecule has 0 radical (unpaired) electrons. The lowest BCUT2D eigenvalue weighted by atomic mass is 9.85. The molecule has 13 heavy (non-hydrogen) atoms. The van der Waals surface area contributed by atoms with Gasteiger partial charge in [-0.05, 0) is 25.2 Å². The molecule has 2 N–H and O–H groups in total. The SMILES string of the molecule is CC[C@@H](N)C(=O)N(C)CC1CCC1. The third-order valence-corrected chi connectivity index (χ3v) is 2.89. The van der Waals surface area contributed by atoms with Crippen molar-refractivity contribution in [2.75, 3.05) is 13.6 Å².